The molecule has 6 heteroatoms. The molecule has 0 amide bonds. The van der Waals surface area contributed by atoms with Crippen LogP contribution < -0.4 is 4.74 Å². The van der Waals surface area contributed by atoms with E-state index in [1.165, 1.54) is 30.3 Å². The molecule has 0 heterocycles. The minimum Gasteiger partial charge on any atom is -0.457 e. The van der Waals surface area contributed by atoms with Crippen molar-refractivity contribution in [3.8, 4) is 23.6 Å². The normalized spacial score (nSPS) is 10.5. The van der Waals surface area contributed by atoms with Crippen LogP contribution >= 0.6 is 0 Å². The molecule has 0 aromatic heterocycles. The fourth-order valence-corrected chi connectivity index (χ4v) is 1.66. The third-order valence-corrected chi connectivity index (χ3v) is 2.64. The van der Waals surface area contributed by atoms with Gasteiger partial charge < -0.3 is 4.74 Å². The lowest BCUT2D eigenvalue weighted by Crippen LogP contribution is -2.07. The monoisotopic (exact) mass is 288 g/mol. The van der Waals surface area contributed by atoms with E-state index in [0.717, 1.165) is 18.2 Å². The Labute approximate surface area is 118 Å². The number of hydrogen-bond donors (Lipinski definition) is 0. The second kappa shape index (κ2) is 5.56. The Balaban J connectivity index is 2.29. The van der Waals surface area contributed by atoms with Crippen LogP contribution in [0.3, 0.4) is 0 Å². The molecule has 2 rings (SSSR count). The summed E-state index contributed by atoms with van der Waals surface area (Å²) in [5.41, 5.74) is -1.07. The summed E-state index contributed by atoms with van der Waals surface area (Å²) < 4.78 is 43.3. The number of nitriles is 2. The van der Waals surface area contributed by atoms with Gasteiger partial charge in [-0.25, -0.2) is 0 Å². The van der Waals surface area contributed by atoms with Crippen molar-refractivity contribution in [3.05, 3.63) is 59.2 Å². The molecule has 2 aromatic rings. The quantitative estimate of drug-likeness (QED) is 0.830. The molecule has 0 unspecified atom stereocenters. The second-order valence-electron chi connectivity index (χ2n) is 4.06. The van der Waals surface area contributed by atoms with E-state index in [0.29, 0.717) is 11.3 Å². The van der Waals surface area contributed by atoms with E-state index >= 15 is 0 Å². The molecule has 2 aromatic carbocycles. The SMILES string of the molecule is N#Cc1ccc(Oc2ccc(C(F)(F)F)c(C#N)c2)cc1. The van der Waals surface area contributed by atoms with E-state index < -0.39 is 17.3 Å². The maximum absolute atomic E-state index is 12.7. The molecule has 0 aliphatic rings. The van der Waals surface area contributed by atoms with Gasteiger partial charge in [0.2, 0.25) is 0 Å². The van der Waals surface area contributed by atoms with E-state index in [1.54, 1.807) is 0 Å². The van der Waals surface area contributed by atoms with Crippen molar-refractivity contribution >= 4 is 0 Å². The average molecular weight is 288 g/mol. The predicted octanol–water partition coefficient (Wildman–Crippen LogP) is 4.24. The molecule has 0 fully saturated rings. The first kappa shape index (κ1) is 14.4. The molecule has 0 bridgehead atoms. The van der Waals surface area contributed by atoms with Crippen LogP contribution in [-0.2, 0) is 6.18 Å². The first-order chi connectivity index (χ1) is 9.94. The Morgan fingerprint density at radius 2 is 1.48 bits per heavy atom. The zero-order valence-corrected chi connectivity index (χ0v) is 10.5. The van der Waals surface area contributed by atoms with Crippen LogP contribution in [0.25, 0.3) is 0 Å². The highest BCUT2D eigenvalue weighted by atomic mass is 19.4. The number of ether oxygens (including phenoxy) is 1. The molecule has 0 aliphatic heterocycles. The molecule has 3 nitrogen and oxygen atoms in total. The van der Waals surface area contributed by atoms with Crippen LogP contribution in [0.15, 0.2) is 42.5 Å². The van der Waals surface area contributed by atoms with Crippen molar-refractivity contribution in [1.29, 1.82) is 10.5 Å². The van der Waals surface area contributed by atoms with Gasteiger partial charge in [-0.3, -0.25) is 0 Å². The maximum Gasteiger partial charge on any atom is 0.417 e. The smallest absolute Gasteiger partial charge is 0.417 e. The van der Waals surface area contributed by atoms with Crippen molar-refractivity contribution in [2.75, 3.05) is 0 Å². The van der Waals surface area contributed by atoms with Crippen molar-refractivity contribution in [2.45, 2.75) is 6.18 Å². The van der Waals surface area contributed by atoms with Gasteiger partial charge in [0.15, 0.2) is 0 Å². The lowest BCUT2D eigenvalue weighted by molar-refractivity contribution is -0.137. The van der Waals surface area contributed by atoms with Crippen LogP contribution in [0.2, 0.25) is 0 Å². The second-order valence-corrected chi connectivity index (χ2v) is 4.06. The fraction of sp³-hybridized carbons (Fsp3) is 0.0667. The molecular weight excluding hydrogens is 281 g/mol. The molecule has 0 saturated heterocycles. The first-order valence-corrected chi connectivity index (χ1v) is 5.73. The number of halogens is 3. The fourth-order valence-electron chi connectivity index (χ4n) is 1.66. The summed E-state index contributed by atoms with van der Waals surface area (Å²) in [5.74, 6) is 0.474. The van der Waals surface area contributed by atoms with Crippen LogP contribution in [0, 0.1) is 22.7 Å². The molecule has 104 valence electrons. The highest BCUT2D eigenvalue weighted by Crippen LogP contribution is 2.34. The van der Waals surface area contributed by atoms with Crippen LogP contribution in [-0.4, -0.2) is 0 Å². The molecular formula is C15H7F3N2O. The number of rotatable bonds is 2. The summed E-state index contributed by atoms with van der Waals surface area (Å²) in [5, 5.41) is 17.5. The zero-order chi connectivity index (χ0) is 15.5. The van der Waals surface area contributed by atoms with Gasteiger partial charge in [-0.15, -0.1) is 0 Å². The van der Waals surface area contributed by atoms with Crippen LogP contribution in [0.5, 0.6) is 11.5 Å². The Morgan fingerprint density at radius 1 is 0.857 bits per heavy atom. The number of alkyl halides is 3. The summed E-state index contributed by atoms with van der Waals surface area (Å²) in [6, 6.07) is 12.5. The highest BCUT2D eigenvalue weighted by Gasteiger charge is 2.33. The lowest BCUT2D eigenvalue weighted by atomic mass is 10.1. The molecule has 0 spiro atoms. The van der Waals surface area contributed by atoms with Crippen molar-refractivity contribution in [3.63, 3.8) is 0 Å². The lowest BCUT2D eigenvalue weighted by Gasteiger charge is -2.11. The van der Waals surface area contributed by atoms with Crippen molar-refractivity contribution in [2.24, 2.45) is 0 Å². The van der Waals surface area contributed by atoms with E-state index in [1.807, 2.05) is 6.07 Å². The van der Waals surface area contributed by atoms with E-state index in [9.17, 15) is 13.2 Å². The van der Waals surface area contributed by atoms with Gasteiger partial charge >= 0.3 is 6.18 Å². The summed E-state index contributed by atoms with van der Waals surface area (Å²) in [6.07, 6.45) is -4.59. The first-order valence-electron chi connectivity index (χ1n) is 5.73. The van der Waals surface area contributed by atoms with Crippen LogP contribution in [0.4, 0.5) is 13.2 Å². The zero-order valence-electron chi connectivity index (χ0n) is 10.5. The summed E-state index contributed by atoms with van der Waals surface area (Å²) in [6.45, 7) is 0. The Hall–Kier alpha value is -2.99. The largest absolute Gasteiger partial charge is 0.457 e. The number of hydrogen-bond acceptors (Lipinski definition) is 3. The number of benzene rings is 2. The van der Waals surface area contributed by atoms with Gasteiger partial charge in [0.25, 0.3) is 0 Å². The van der Waals surface area contributed by atoms with Gasteiger partial charge in [-0.2, -0.15) is 23.7 Å². The highest BCUT2D eigenvalue weighted by molar-refractivity contribution is 5.46. The maximum atomic E-state index is 12.7. The summed E-state index contributed by atoms with van der Waals surface area (Å²) in [4.78, 5) is 0. The average Bonchev–Trinajstić information content (AvgIpc) is 2.46. The van der Waals surface area contributed by atoms with Gasteiger partial charge in [-0.1, -0.05) is 0 Å². The Morgan fingerprint density at radius 3 is 2.00 bits per heavy atom. The van der Waals surface area contributed by atoms with Crippen molar-refractivity contribution < 1.29 is 17.9 Å². The third kappa shape index (κ3) is 3.31. The molecule has 0 N–H and O–H groups in total. The third-order valence-electron chi connectivity index (χ3n) is 2.64. The molecule has 21 heavy (non-hydrogen) atoms. The molecule has 0 saturated carbocycles. The van der Waals surface area contributed by atoms with Gasteiger partial charge in [0.1, 0.15) is 11.5 Å². The Bertz CT molecular complexity index is 737. The van der Waals surface area contributed by atoms with E-state index in [2.05, 4.69) is 0 Å². The van der Waals surface area contributed by atoms with Crippen molar-refractivity contribution in [1.82, 2.24) is 0 Å². The molecule has 0 atom stereocenters. The standard InChI is InChI=1S/C15H7F3N2O/c16-15(17,18)14-6-5-13(7-11(14)9-20)21-12-3-1-10(8-19)2-4-12/h1-7H. The predicted molar refractivity (Wildman–Crippen MR) is 67.4 cm³/mol. The topological polar surface area (TPSA) is 56.8 Å². The van der Waals surface area contributed by atoms with Gasteiger partial charge in [0.05, 0.1) is 28.8 Å². The Kier molecular flexibility index (Phi) is 3.82. The van der Waals surface area contributed by atoms with E-state index in [-0.39, 0.29) is 5.75 Å². The van der Waals surface area contributed by atoms with Gasteiger partial charge in [0, 0.05) is 0 Å². The minimum atomic E-state index is -4.59. The summed E-state index contributed by atoms with van der Waals surface area (Å²) in [7, 11) is 0. The molecule has 0 radical (unpaired) electrons. The minimum absolute atomic E-state index is 0.115. The van der Waals surface area contributed by atoms with Crippen LogP contribution in [0.1, 0.15) is 16.7 Å². The van der Waals surface area contributed by atoms with Gasteiger partial charge in [-0.05, 0) is 42.5 Å². The number of nitrogens with zero attached hydrogens (tertiary/aromatic N) is 2. The van der Waals surface area contributed by atoms with E-state index in [4.69, 9.17) is 15.3 Å². The molecule has 0 aliphatic carbocycles. The summed E-state index contributed by atoms with van der Waals surface area (Å²) >= 11 is 0.